The Hall–Kier alpha value is -2.17. The van der Waals surface area contributed by atoms with Crippen molar-refractivity contribution in [2.24, 2.45) is 7.05 Å². The molecule has 0 aliphatic carbocycles. The van der Waals surface area contributed by atoms with E-state index in [-0.39, 0.29) is 0 Å². The number of benzene rings is 2. The van der Waals surface area contributed by atoms with Gasteiger partial charge in [-0.25, -0.2) is 0 Å². The van der Waals surface area contributed by atoms with Gasteiger partial charge in [0.25, 0.3) is 0 Å². The monoisotopic (exact) mass is 328 g/mol. The summed E-state index contributed by atoms with van der Waals surface area (Å²) in [5.74, 6) is 0. The van der Waals surface area contributed by atoms with Crippen LogP contribution < -0.4 is 4.68 Å². The Morgan fingerprint density at radius 3 is 2.48 bits per heavy atom. The van der Waals surface area contributed by atoms with Crippen molar-refractivity contribution in [2.75, 3.05) is 0 Å². The van der Waals surface area contributed by atoms with Gasteiger partial charge in [-0.15, -0.1) is 9.36 Å². The maximum Gasteiger partial charge on any atom is 0.192 e. The first-order valence-electron chi connectivity index (χ1n) is 7.49. The second-order valence-electron chi connectivity index (χ2n) is 5.44. The van der Waals surface area contributed by atoms with Gasteiger partial charge in [0.2, 0.25) is 0 Å². The highest BCUT2D eigenvalue weighted by Crippen LogP contribution is 2.09. The summed E-state index contributed by atoms with van der Waals surface area (Å²) >= 11 is 5.91. The molecule has 0 bridgehead atoms. The largest absolute Gasteiger partial charge is 0.368 e. The maximum absolute atomic E-state index is 5.91. The van der Waals surface area contributed by atoms with Crippen LogP contribution >= 0.6 is 11.6 Å². The molecule has 0 amide bonds. The summed E-state index contributed by atoms with van der Waals surface area (Å²) in [4.78, 5) is 0. The molecule has 0 radical (unpaired) electrons. The van der Waals surface area contributed by atoms with Crippen molar-refractivity contribution in [3.05, 3.63) is 82.6 Å². The highest BCUT2D eigenvalue weighted by molar-refractivity contribution is 6.30. The zero-order chi connectivity index (χ0) is 16.1. The van der Waals surface area contributed by atoms with Crippen molar-refractivity contribution >= 4 is 11.6 Å². The van der Waals surface area contributed by atoms with Crippen LogP contribution in [0.15, 0.2) is 60.8 Å². The quantitative estimate of drug-likeness (QED) is 0.651. The van der Waals surface area contributed by atoms with E-state index in [9.17, 15) is 0 Å². The second kappa shape index (κ2) is 7.40. The molecule has 0 spiro atoms. The second-order valence-corrected chi connectivity index (χ2v) is 5.87. The third kappa shape index (κ3) is 4.41. The lowest BCUT2D eigenvalue weighted by molar-refractivity contribution is -0.747. The van der Waals surface area contributed by atoms with Crippen molar-refractivity contribution in [3.8, 4) is 0 Å². The highest BCUT2D eigenvalue weighted by atomic mass is 35.5. The molecule has 0 N–H and O–H groups in total. The fraction of sp³-hybridized carbons (Fsp3) is 0.222. The van der Waals surface area contributed by atoms with Crippen molar-refractivity contribution in [1.82, 2.24) is 9.90 Å². The Balaban J connectivity index is 1.58. The van der Waals surface area contributed by atoms with E-state index >= 15 is 0 Å². The summed E-state index contributed by atoms with van der Waals surface area (Å²) in [5, 5.41) is 5.22. The molecule has 23 heavy (non-hydrogen) atoms. The Morgan fingerprint density at radius 2 is 1.74 bits per heavy atom. The minimum absolute atomic E-state index is 0.534. The van der Waals surface area contributed by atoms with Crippen LogP contribution in [0.5, 0.6) is 0 Å². The fourth-order valence-electron chi connectivity index (χ4n) is 2.34. The number of aryl methyl sites for hydroxylation is 1. The molecule has 0 fully saturated rings. The zero-order valence-corrected chi connectivity index (χ0v) is 13.8. The van der Waals surface area contributed by atoms with Crippen LogP contribution in [0.2, 0.25) is 5.02 Å². The van der Waals surface area contributed by atoms with Gasteiger partial charge < -0.3 is 4.74 Å². The first-order valence-corrected chi connectivity index (χ1v) is 7.87. The van der Waals surface area contributed by atoms with Gasteiger partial charge in [0.05, 0.1) is 11.8 Å². The van der Waals surface area contributed by atoms with E-state index in [2.05, 4.69) is 17.3 Å². The van der Waals surface area contributed by atoms with E-state index in [1.807, 2.05) is 65.1 Å². The molecule has 5 heteroatoms. The van der Waals surface area contributed by atoms with Gasteiger partial charge in [-0.3, -0.25) is 0 Å². The normalized spacial score (nSPS) is 10.9. The first kappa shape index (κ1) is 15.7. The summed E-state index contributed by atoms with van der Waals surface area (Å²) < 4.78 is 9.53. The highest BCUT2D eigenvalue weighted by Gasteiger charge is 2.13. The molecule has 0 aliphatic heterocycles. The lowest BCUT2D eigenvalue weighted by Crippen LogP contribution is -2.36. The minimum Gasteiger partial charge on any atom is -0.368 e. The average molecular weight is 329 g/mol. The van der Waals surface area contributed by atoms with Gasteiger partial charge >= 0.3 is 0 Å². The third-order valence-electron chi connectivity index (χ3n) is 3.58. The molecule has 1 heterocycles. The Kier molecular flexibility index (Phi) is 5.05. The number of hydrogen-bond acceptors (Lipinski definition) is 2. The summed E-state index contributed by atoms with van der Waals surface area (Å²) in [7, 11) is 1.93. The molecule has 118 valence electrons. The molecule has 1 aromatic heterocycles. The molecule has 0 saturated carbocycles. The molecule has 4 nitrogen and oxygen atoms in total. The summed E-state index contributed by atoms with van der Waals surface area (Å²) in [5.41, 5.74) is 3.37. The molecule has 0 aliphatic rings. The van der Waals surface area contributed by atoms with E-state index in [1.54, 1.807) is 0 Å². The number of rotatable bonds is 6. The SMILES string of the molecule is Cn1n[n+](Cc2ccc(Cl)cc2)cc1COCc1ccccc1. The van der Waals surface area contributed by atoms with Crippen molar-refractivity contribution < 1.29 is 9.42 Å². The van der Waals surface area contributed by atoms with E-state index in [1.165, 1.54) is 5.56 Å². The smallest absolute Gasteiger partial charge is 0.192 e. The lowest BCUT2D eigenvalue weighted by atomic mass is 10.2. The third-order valence-corrected chi connectivity index (χ3v) is 3.83. The van der Waals surface area contributed by atoms with Crippen molar-refractivity contribution in [1.29, 1.82) is 0 Å². The van der Waals surface area contributed by atoms with Gasteiger partial charge in [-0.05, 0) is 23.3 Å². The molecule has 2 aromatic carbocycles. The van der Waals surface area contributed by atoms with Crippen LogP contribution in [0, 0.1) is 0 Å². The maximum atomic E-state index is 5.91. The predicted molar refractivity (Wildman–Crippen MR) is 88.9 cm³/mol. The zero-order valence-electron chi connectivity index (χ0n) is 13.0. The molecular weight excluding hydrogens is 310 g/mol. The molecule has 3 rings (SSSR count). The van der Waals surface area contributed by atoms with Crippen molar-refractivity contribution in [2.45, 2.75) is 19.8 Å². The standard InChI is InChI=1S/C18H19ClN3O/c1-21-18(14-23-13-16-5-3-2-4-6-16)12-22(20-21)11-15-7-9-17(19)10-8-15/h2-10,12H,11,13-14H2,1H3/q+1. The molecular formula is C18H19ClN3O+. The van der Waals surface area contributed by atoms with Crippen LogP contribution in [-0.2, 0) is 31.5 Å². The number of ether oxygens (including phenoxy) is 1. The summed E-state index contributed by atoms with van der Waals surface area (Å²) in [6, 6.07) is 18.0. The van der Waals surface area contributed by atoms with Gasteiger partial charge in [0.15, 0.2) is 11.9 Å². The number of halogens is 1. The Labute approximate surface area is 140 Å². The van der Waals surface area contributed by atoms with Crippen LogP contribution in [-0.4, -0.2) is 9.90 Å². The Morgan fingerprint density at radius 1 is 1.00 bits per heavy atom. The number of nitrogens with zero attached hydrogens (tertiary/aromatic N) is 3. The van der Waals surface area contributed by atoms with E-state index < -0.39 is 0 Å². The van der Waals surface area contributed by atoms with Gasteiger partial charge in [0, 0.05) is 5.02 Å². The Bertz CT molecular complexity index is 754. The minimum atomic E-state index is 0.534. The fourth-order valence-corrected chi connectivity index (χ4v) is 2.47. The van der Waals surface area contributed by atoms with Gasteiger partial charge in [0.1, 0.15) is 20.2 Å². The molecule has 0 atom stereocenters. The lowest BCUT2D eigenvalue weighted by Gasteiger charge is -2.01. The molecule has 0 saturated heterocycles. The van der Waals surface area contributed by atoms with Crippen LogP contribution in [0.25, 0.3) is 0 Å². The summed E-state index contributed by atoms with van der Waals surface area (Å²) in [6.45, 7) is 1.85. The van der Waals surface area contributed by atoms with E-state index in [4.69, 9.17) is 16.3 Å². The topological polar surface area (TPSA) is 30.9 Å². The van der Waals surface area contributed by atoms with E-state index in [0.717, 1.165) is 16.3 Å². The first-order chi connectivity index (χ1) is 11.2. The van der Waals surface area contributed by atoms with E-state index in [0.29, 0.717) is 19.8 Å². The molecule has 3 aromatic rings. The molecule has 0 unspecified atom stereocenters. The number of hydrogen-bond donors (Lipinski definition) is 0. The van der Waals surface area contributed by atoms with Crippen LogP contribution in [0.3, 0.4) is 0 Å². The van der Waals surface area contributed by atoms with Crippen molar-refractivity contribution in [3.63, 3.8) is 0 Å². The van der Waals surface area contributed by atoms with Gasteiger partial charge in [-0.2, -0.15) is 0 Å². The predicted octanol–water partition coefficient (Wildman–Crippen LogP) is 3.13. The van der Waals surface area contributed by atoms with Crippen LogP contribution in [0.4, 0.5) is 0 Å². The average Bonchev–Trinajstić information content (AvgIpc) is 2.90. The number of aromatic nitrogens is 3. The van der Waals surface area contributed by atoms with Crippen LogP contribution in [0.1, 0.15) is 16.8 Å². The van der Waals surface area contributed by atoms with Gasteiger partial charge in [-0.1, -0.05) is 54.1 Å². The summed E-state index contributed by atoms with van der Waals surface area (Å²) in [6.07, 6.45) is 2.01.